The van der Waals surface area contributed by atoms with E-state index in [4.69, 9.17) is 9.47 Å². The summed E-state index contributed by atoms with van der Waals surface area (Å²) < 4.78 is 11.0. The molecule has 0 bridgehead atoms. The van der Waals surface area contributed by atoms with E-state index in [1.165, 1.54) is 18.1 Å². The Bertz CT molecular complexity index is 1290. The van der Waals surface area contributed by atoms with Crippen molar-refractivity contribution in [1.29, 1.82) is 0 Å². The summed E-state index contributed by atoms with van der Waals surface area (Å²) in [5, 5.41) is 21.3. The van der Waals surface area contributed by atoms with Gasteiger partial charge in [-0.05, 0) is 59.5 Å². The topological polar surface area (TPSA) is 109 Å². The fourth-order valence-corrected chi connectivity index (χ4v) is 4.07. The highest BCUT2D eigenvalue weighted by Gasteiger charge is 2.46. The van der Waals surface area contributed by atoms with Crippen molar-refractivity contribution in [2.24, 2.45) is 5.92 Å². The third-order valence-electron chi connectivity index (χ3n) is 5.85. The number of phenolic OH excluding ortho intramolecular Hbond substituents is 1. The number of hydrogen-bond donors (Lipinski definition) is 2. The maximum absolute atomic E-state index is 13.2. The minimum atomic E-state index is -0.906. The number of hydrogen-bond acceptors (Lipinski definition) is 7. The molecule has 8 nitrogen and oxygen atoms in total. The Morgan fingerprint density at radius 3 is 2.50 bits per heavy atom. The van der Waals surface area contributed by atoms with Crippen molar-refractivity contribution in [1.82, 2.24) is 9.88 Å². The quantitative estimate of drug-likeness (QED) is 0.274. The Morgan fingerprint density at radius 1 is 1.11 bits per heavy atom. The van der Waals surface area contributed by atoms with Crippen LogP contribution < -0.4 is 9.47 Å². The zero-order valence-corrected chi connectivity index (χ0v) is 20.3. The molecule has 2 heterocycles. The number of nitrogens with zero attached hydrogens (tertiary/aromatic N) is 2. The molecule has 2 aromatic carbocycles. The van der Waals surface area contributed by atoms with Crippen molar-refractivity contribution in [3.05, 3.63) is 89.3 Å². The fraction of sp³-hybridized carbons (Fsp3) is 0.250. The molecule has 1 fully saturated rings. The first kappa shape index (κ1) is 24.8. The van der Waals surface area contributed by atoms with E-state index in [2.05, 4.69) is 4.98 Å². The number of aliphatic hydroxyl groups excluding tert-OH is 1. The molecule has 1 amide bonds. The summed E-state index contributed by atoms with van der Waals surface area (Å²) in [4.78, 5) is 31.9. The Morgan fingerprint density at radius 2 is 1.86 bits per heavy atom. The fourth-order valence-electron chi connectivity index (χ4n) is 4.07. The van der Waals surface area contributed by atoms with Gasteiger partial charge in [-0.25, -0.2) is 0 Å². The summed E-state index contributed by atoms with van der Waals surface area (Å²) in [6, 6.07) is 13.9. The Labute approximate surface area is 209 Å². The standard InChI is InChI=1S/C28H28N2O6/c1-17(2)16-36-21-9-6-19(7-10-21)26(32)24-25(20-8-11-22(31)23(13-20)35-3)30(28(34)27(24)33)15-18-5-4-12-29-14-18/h4-14,17,25,31-32H,15-16H2,1-3H3/b26-24+/t25-/m1/s1. The highest BCUT2D eigenvalue weighted by Crippen LogP contribution is 2.42. The van der Waals surface area contributed by atoms with E-state index in [-0.39, 0.29) is 29.4 Å². The number of benzene rings is 2. The van der Waals surface area contributed by atoms with Crippen molar-refractivity contribution in [2.45, 2.75) is 26.4 Å². The number of pyridine rings is 1. The highest BCUT2D eigenvalue weighted by atomic mass is 16.5. The van der Waals surface area contributed by atoms with Gasteiger partial charge in [0.25, 0.3) is 11.7 Å². The van der Waals surface area contributed by atoms with Crippen LogP contribution in [0.25, 0.3) is 5.76 Å². The summed E-state index contributed by atoms with van der Waals surface area (Å²) in [5.41, 5.74) is 1.56. The van der Waals surface area contributed by atoms with Gasteiger partial charge in [-0.15, -0.1) is 0 Å². The Kier molecular flexibility index (Phi) is 7.24. The second kappa shape index (κ2) is 10.5. The number of aromatic nitrogens is 1. The Hall–Kier alpha value is -4.33. The molecule has 1 aliphatic heterocycles. The highest BCUT2D eigenvalue weighted by molar-refractivity contribution is 6.46. The van der Waals surface area contributed by atoms with Gasteiger partial charge in [0, 0.05) is 24.5 Å². The smallest absolute Gasteiger partial charge is 0.295 e. The number of Topliss-reactive ketones (excluding diaryl/α,β-unsaturated/α-hetero) is 1. The van der Waals surface area contributed by atoms with E-state index < -0.39 is 17.7 Å². The molecule has 2 N–H and O–H groups in total. The first-order chi connectivity index (χ1) is 17.3. The van der Waals surface area contributed by atoms with Gasteiger partial charge in [-0.3, -0.25) is 14.6 Å². The van der Waals surface area contributed by atoms with Crippen LogP contribution in [0.15, 0.2) is 72.6 Å². The number of carbonyl (C=O) groups is 2. The van der Waals surface area contributed by atoms with Crippen molar-refractivity contribution < 1.29 is 29.3 Å². The number of carbonyl (C=O) groups excluding carboxylic acids is 2. The van der Waals surface area contributed by atoms with E-state index in [0.717, 1.165) is 5.56 Å². The van der Waals surface area contributed by atoms with Crippen LogP contribution in [0.4, 0.5) is 0 Å². The molecule has 36 heavy (non-hydrogen) atoms. The molecule has 0 saturated carbocycles. The van der Waals surface area contributed by atoms with Gasteiger partial charge >= 0.3 is 0 Å². The van der Waals surface area contributed by atoms with Crippen molar-refractivity contribution >= 4 is 17.4 Å². The van der Waals surface area contributed by atoms with Crippen LogP contribution >= 0.6 is 0 Å². The van der Waals surface area contributed by atoms with Gasteiger partial charge in [-0.2, -0.15) is 0 Å². The molecule has 1 aromatic heterocycles. The lowest BCUT2D eigenvalue weighted by Gasteiger charge is -2.25. The molecule has 4 rings (SSSR count). The SMILES string of the molecule is COc1cc([C@@H]2/C(=C(\O)c3ccc(OCC(C)C)cc3)C(=O)C(=O)N2Cc2cccnc2)ccc1O. The molecule has 0 spiro atoms. The number of methoxy groups -OCH3 is 1. The van der Waals surface area contributed by atoms with E-state index in [1.54, 1.807) is 60.9 Å². The number of aliphatic hydroxyl groups is 1. The first-order valence-corrected chi connectivity index (χ1v) is 11.6. The molecule has 0 aliphatic carbocycles. The van der Waals surface area contributed by atoms with Crippen molar-refractivity contribution in [3.8, 4) is 17.2 Å². The molecule has 1 saturated heterocycles. The summed E-state index contributed by atoms with van der Waals surface area (Å²) in [5.74, 6) is -0.737. The number of rotatable bonds is 8. The van der Waals surface area contributed by atoms with Crippen LogP contribution in [-0.2, 0) is 16.1 Å². The maximum atomic E-state index is 13.2. The van der Waals surface area contributed by atoms with E-state index >= 15 is 0 Å². The number of likely N-dealkylation sites (tertiary alicyclic amines) is 1. The number of ether oxygens (including phenoxy) is 2. The van der Waals surface area contributed by atoms with Crippen LogP contribution in [0.2, 0.25) is 0 Å². The van der Waals surface area contributed by atoms with Crippen LogP contribution in [0.5, 0.6) is 17.2 Å². The molecular formula is C28H28N2O6. The second-order valence-corrected chi connectivity index (χ2v) is 8.95. The summed E-state index contributed by atoms with van der Waals surface area (Å²) >= 11 is 0. The zero-order chi connectivity index (χ0) is 25.8. The predicted octanol–water partition coefficient (Wildman–Crippen LogP) is 4.45. The molecule has 1 aliphatic rings. The summed E-state index contributed by atoms with van der Waals surface area (Å²) in [6.45, 7) is 4.74. The zero-order valence-electron chi connectivity index (χ0n) is 20.3. The maximum Gasteiger partial charge on any atom is 0.295 e. The lowest BCUT2D eigenvalue weighted by Crippen LogP contribution is -2.29. The molecule has 0 unspecified atom stereocenters. The number of aromatic hydroxyl groups is 1. The van der Waals surface area contributed by atoms with E-state index in [0.29, 0.717) is 29.4 Å². The molecular weight excluding hydrogens is 460 g/mol. The van der Waals surface area contributed by atoms with Crippen LogP contribution in [0, 0.1) is 5.92 Å². The number of ketones is 1. The molecule has 3 aromatic rings. The molecule has 186 valence electrons. The summed E-state index contributed by atoms with van der Waals surface area (Å²) in [7, 11) is 1.41. The third kappa shape index (κ3) is 5.02. The van der Waals surface area contributed by atoms with Gasteiger partial charge < -0.3 is 24.6 Å². The van der Waals surface area contributed by atoms with Gasteiger partial charge in [0.1, 0.15) is 11.5 Å². The van der Waals surface area contributed by atoms with Gasteiger partial charge in [0.15, 0.2) is 11.5 Å². The number of amides is 1. The lowest BCUT2D eigenvalue weighted by molar-refractivity contribution is -0.140. The van der Waals surface area contributed by atoms with Gasteiger partial charge in [0.05, 0.1) is 25.3 Å². The predicted molar refractivity (Wildman–Crippen MR) is 134 cm³/mol. The second-order valence-electron chi connectivity index (χ2n) is 8.95. The third-order valence-corrected chi connectivity index (χ3v) is 5.85. The largest absolute Gasteiger partial charge is 0.507 e. The van der Waals surface area contributed by atoms with Crippen molar-refractivity contribution in [2.75, 3.05) is 13.7 Å². The first-order valence-electron chi connectivity index (χ1n) is 11.6. The van der Waals surface area contributed by atoms with Crippen LogP contribution in [0.1, 0.15) is 36.6 Å². The van der Waals surface area contributed by atoms with Gasteiger partial charge in [-0.1, -0.05) is 26.0 Å². The average molecular weight is 489 g/mol. The summed E-state index contributed by atoms with van der Waals surface area (Å²) in [6.07, 6.45) is 3.23. The molecule has 8 heteroatoms. The molecule has 1 atom stereocenters. The molecule has 0 radical (unpaired) electrons. The lowest BCUT2D eigenvalue weighted by atomic mass is 9.95. The van der Waals surface area contributed by atoms with Crippen LogP contribution in [0.3, 0.4) is 0 Å². The number of phenols is 1. The monoisotopic (exact) mass is 488 g/mol. The van der Waals surface area contributed by atoms with E-state index in [1.807, 2.05) is 13.8 Å². The minimum absolute atomic E-state index is 0.0486. The van der Waals surface area contributed by atoms with Crippen molar-refractivity contribution in [3.63, 3.8) is 0 Å². The van der Waals surface area contributed by atoms with Crippen LogP contribution in [-0.4, -0.2) is 45.5 Å². The Balaban J connectivity index is 1.79. The van der Waals surface area contributed by atoms with E-state index in [9.17, 15) is 19.8 Å². The normalized spacial score (nSPS) is 17.0. The average Bonchev–Trinajstić information content (AvgIpc) is 3.13. The van der Waals surface area contributed by atoms with Gasteiger partial charge in [0.2, 0.25) is 0 Å². The minimum Gasteiger partial charge on any atom is -0.507 e.